The molecule has 2 saturated heterocycles. The minimum Gasteiger partial charge on any atom is -0.381 e. The van der Waals surface area contributed by atoms with Crippen LogP contribution in [-0.4, -0.2) is 52.3 Å². The second-order valence-corrected chi connectivity index (χ2v) is 8.35. The Bertz CT molecular complexity index is 910. The van der Waals surface area contributed by atoms with E-state index >= 15 is 0 Å². The molecule has 160 valence electrons. The first-order valence-electron chi connectivity index (χ1n) is 10.7. The molecule has 4 rings (SSSR count). The van der Waals surface area contributed by atoms with E-state index in [0.29, 0.717) is 37.8 Å². The maximum absolute atomic E-state index is 12.5. The molecule has 0 saturated carbocycles. The van der Waals surface area contributed by atoms with Gasteiger partial charge in [-0.15, -0.1) is 10.2 Å². The maximum atomic E-state index is 12.5. The molecule has 0 aliphatic carbocycles. The highest BCUT2D eigenvalue weighted by Gasteiger charge is 2.33. The van der Waals surface area contributed by atoms with Crippen molar-refractivity contribution < 1.29 is 9.53 Å². The largest absolute Gasteiger partial charge is 0.381 e. The van der Waals surface area contributed by atoms with Gasteiger partial charge in [-0.05, 0) is 24.3 Å². The molecule has 8 heteroatoms. The fraction of sp³-hybridized carbons (Fsp3) is 0.545. The lowest BCUT2D eigenvalue weighted by atomic mass is 9.97. The van der Waals surface area contributed by atoms with Gasteiger partial charge in [-0.2, -0.15) is 0 Å². The Hall–Kier alpha value is -2.58. The quantitative estimate of drug-likeness (QED) is 0.746. The van der Waals surface area contributed by atoms with Crippen LogP contribution in [-0.2, 0) is 22.6 Å². The summed E-state index contributed by atoms with van der Waals surface area (Å²) in [7, 11) is 0. The minimum atomic E-state index is -0.277. The van der Waals surface area contributed by atoms with Crippen LogP contribution in [0.3, 0.4) is 0 Å². The fourth-order valence-corrected chi connectivity index (χ4v) is 4.32. The summed E-state index contributed by atoms with van der Waals surface area (Å²) in [4.78, 5) is 30.1. The summed E-state index contributed by atoms with van der Waals surface area (Å²) in [5.74, 6) is 1.03. The number of hydrogen-bond donors (Lipinski definition) is 2. The Morgan fingerprint density at radius 1 is 1.20 bits per heavy atom. The van der Waals surface area contributed by atoms with E-state index in [1.807, 2.05) is 6.07 Å². The Morgan fingerprint density at radius 3 is 2.70 bits per heavy atom. The van der Waals surface area contributed by atoms with E-state index in [4.69, 9.17) is 4.74 Å². The van der Waals surface area contributed by atoms with Gasteiger partial charge in [0.2, 0.25) is 5.91 Å². The molecular weight excluding hydrogens is 382 g/mol. The molecular formula is C22H29N5O3. The number of aromatic nitrogens is 3. The lowest BCUT2D eigenvalue weighted by molar-refractivity contribution is -0.128. The van der Waals surface area contributed by atoms with Crippen LogP contribution in [0.1, 0.15) is 42.8 Å². The maximum Gasteiger partial charge on any atom is 0.274 e. The number of H-pyrrole nitrogens is 1. The SMILES string of the molecule is CC1CN(Cc2ccccc2)CC1c1nnc(CNC(=O)C2CCOCC2)c(=O)[nH]1. The fourth-order valence-electron chi connectivity index (χ4n) is 4.32. The van der Waals surface area contributed by atoms with Crippen molar-refractivity contribution in [2.75, 3.05) is 26.3 Å². The minimum absolute atomic E-state index is 0.0513. The van der Waals surface area contributed by atoms with Gasteiger partial charge in [-0.3, -0.25) is 14.5 Å². The number of rotatable bonds is 6. The topological polar surface area (TPSA) is 100 Å². The zero-order chi connectivity index (χ0) is 20.9. The third kappa shape index (κ3) is 4.94. The molecule has 0 bridgehead atoms. The van der Waals surface area contributed by atoms with E-state index < -0.39 is 0 Å². The Labute approximate surface area is 176 Å². The predicted molar refractivity (Wildman–Crippen MR) is 112 cm³/mol. The lowest BCUT2D eigenvalue weighted by Gasteiger charge is -2.21. The number of likely N-dealkylation sites (tertiary alicyclic amines) is 1. The third-order valence-corrected chi connectivity index (χ3v) is 6.09. The van der Waals surface area contributed by atoms with Crippen molar-refractivity contribution in [1.82, 2.24) is 25.4 Å². The second kappa shape index (κ2) is 9.49. The molecule has 0 radical (unpaired) electrons. The predicted octanol–water partition coefficient (Wildman–Crippen LogP) is 1.44. The molecule has 2 aliphatic rings. The van der Waals surface area contributed by atoms with Crippen LogP contribution in [0.15, 0.2) is 35.1 Å². The van der Waals surface area contributed by atoms with Gasteiger partial charge in [-0.1, -0.05) is 37.3 Å². The van der Waals surface area contributed by atoms with Crippen LogP contribution in [0.4, 0.5) is 0 Å². The zero-order valence-corrected chi connectivity index (χ0v) is 17.3. The van der Waals surface area contributed by atoms with E-state index in [0.717, 1.165) is 19.6 Å². The summed E-state index contributed by atoms with van der Waals surface area (Å²) in [5.41, 5.74) is 1.24. The molecule has 2 aliphatic heterocycles. The number of hydrogen-bond acceptors (Lipinski definition) is 6. The molecule has 3 heterocycles. The summed E-state index contributed by atoms with van der Waals surface area (Å²) in [5, 5.41) is 11.2. The van der Waals surface area contributed by atoms with Crippen molar-refractivity contribution in [3.05, 3.63) is 57.8 Å². The molecule has 0 spiro atoms. The van der Waals surface area contributed by atoms with Crippen molar-refractivity contribution in [3.63, 3.8) is 0 Å². The van der Waals surface area contributed by atoms with E-state index in [1.54, 1.807) is 0 Å². The number of nitrogens with zero attached hydrogens (tertiary/aromatic N) is 3. The van der Waals surface area contributed by atoms with E-state index in [1.165, 1.54) is 5.56 Å². The van der Waals surface area contributed by atoms with Crippen LogP contribution in [0, 0.1) is 11.8 Å². The third-order valence-electron chi connectivity index (χ3n) is 6.09. The van der Waals surface area contributed by atoms with E-state index in [9.17, 15) is 9.59 Å². The Kier molecular flexibility index (Phi) is 6.54. The Morgan fingerprint density at radius 2 is 1.97 bits per heavy atom. The molecule has 1 amide bonds. The summed E-state index contributed by atoms with van der Waals surface area (Å²) in [6.45, 7) is 6.15. The highest BCUT2D eigenvalue weighted by Crippen LogP contribution is 2.30. The van der Waals surface area contributed by atoms with Crippen molar-refractivity contribution in [3.8, 4) is 0 Å². The zero-order valence-electron chi connectivity index (χ0n) is 17.3. The molecule has 30 heavy (non-hydrogen) atoms. The van der Waals surface area contributed by atoms with Crippen LogP contribution >= 0.6 is 0 Å². The molecule has 2 N–H and O–H groups in total. The molecule has 2 atom stereocenters. The average molecular weight is 412 g/mol. The van der Waals surface area contributed by atoms with Gasteiger partial charge in [0, 0.05) is 44.7 Å². The van der Waals surface area contributed by atoms with Gasteiger partial charge in [0.1, 0.15) is 11.5 Å². The smallest absolute Gasteiger partial charge is 0.274 e. The molecule has 2 fully saturated rings. The molecule has 1 aromatic heterocycles. The van der Waals surface area contributed by atoms with Gasteiger partial charge in [0.05, 0.1) is 6.54 Å². The number of ether oxygens (including phenoxy) is 1. The van der Waals surface area contributed by atoms with E-state index in [-0.39, 0.29) is 35.5 Å². The first-order valence-corrected chi connectivity index (χ1v) is 10.7. The number of aromatic amines is 1. The Balaban J connectivity index is 1.35. The number of carbonyl (C=O) groups is 1. The van der Waals surface area contributed by atoms with Gasteiger partial charge >= 0.3 is 0 Å². The number of carbonyl (C=O) groups excluding carboxylic acids is 1. The monoisotopic (exact) mass is 411 g/mol. The number of nitrogens with one attached hydrogen (secondary N) is 2. The first-order chi connectivity index (χ1) is 14.6. The summed E-state index contributed by atoms with van der Waals surface area (Å²) >= 11 is 0. The number of benzene rings is 1. The van der Waals surface area contributed by atoms with Crippen molar-refractivity contribution >= 4 is 5.91 Å². The van der Waals surface area contributed by atoms with Gasteiger partial charge in [-0.25, -0.2) is 0 Å². The van der Waals surface area contributed by atoms with Crippen molar-refractivity contribution in [2.45, 2.75) is 38.8 Å². The van der Waals surface area contributed by atoms with Crippen molar-refractivity contribution in [2.24, 2.45) is 11.8 Å². The van der Waals surface area contributed by atoms with Crippen LogP contribution in [0.25, 0.3) is 0 Å². The number of amides is 1. The summed E-state index contributed by atoms with van der Waals surface area (Å²) < 4.78 is 5.28. The lowest BCUT2D eigenvalue weighted by Crippen LogP contribution is -2.36. The molecule has 8 nitrogen and oxygen atoms in total. The first kappa shape index (κ1) is 20.7. The van der Waals surface area contributed by atoms with Gasteiger partial charge in [0.25, 0.3) is 5.56 Å². The van der Waals surface area contributed by atoms with Gasteiger partial charge < -0.3 is 15.0 Å². The molecule has 1 aromatic carbocycles. The van der Waals surface area contributed by atoms with Crippen molar-refractivity contribution in [1.29, 1.82) is 0 Å². The highest BCUT2D eigenvalue weighted by molar-refractivity contribution is 5.78. The second-order valence-electron chi connectivity index (χ2n) is 8.35. The van der Waals surface area contributed by atoms with Gasteiger partial charge in [0.15, 0.2) is 0 Å². The normalized spacial score (nSPS) is 22.8. The van der Waals surface area contributed by atoms with Crippen LogP contribution < -0.4 is 10.9 Å². The summed E-state index contributed by atoms with van der Waals surface area (Å²) in [6, 6.07) is 10.4. The van der Waals surface area contributed by atoms with Crippen LogP contribution in [0.5, 0.6) is 0 Å². The molecule has 2 unspecified atom stereocenters. The highest BCUT2D eigenvalue weighted by atomic mass is 16.5. The summed E-state index contributed by atoms with van der Waals surface area (Å²) in [6.07, 6.45) is 1.43. The molecule has 2 aromatic rings. The van der Waals surface area contributed by atoms with E-state index in [2.05, 4.69) is 56.6 Å². The standard InChI is InChI=1S/C22H29N5O3/c1-15-12-27(13-16-5-3-2-4-6-16)14-18(15)20-24-22(29)19(25-26-20)11-23-21(28)17-7-9-30-10-8-17/h2-6,15,17-18H,7-14H2,1H3,(H,23,28)(H,24,26,29). The average Bonchev–Trinajstić information content (AvgIpc) is 3.13. The van der Waals surface area contributed by atoms with Crippen LogP contribution in [0.2, 0.25) is 0 Å².